The Labute approximate surface area is 217 Å². The van der Waals surface area contributed by atoms with Crippen LogP contribution in [0.25, 0.3) is 0 Å². The normalized spacial score (nSPS) is 10.4. The van der Waals surface area contributed by atoms with Gasteiger partial charge in [-0.15, -0.1) is 0 Å². The standard InChI is InChI=1S/C25H21Cl3N2O5/c26-16-8-13-22(20(28)14-16)35-18-11-9-17(10-12-18)29-23(31)6-3-7-25(33)34-15-24(32)30-21-5-2-1-4-19(21)27/h1-2,4-5,8-14H,3,6-7,15H2,(H,29,31)(H,30,32). The predicted molar refractivity (Wildman–Crippen MR) is 136 cm³/mol. The summed E-state index contributed by atoms with van der Waals surface area (Å²) in [6, 6.07) is 18.4. The Morgan fingerprint density at radius 1 is 0.771 bits per heavy atom. The third-order valence-corrected chi connectivity index (χ3v) is 5.42. The second-order valence-corrected chi connectivity index (χ2v) is 8.54. The topological polar surface area (TPSA) is 93.7 Å². The molecule has 2 N–H and O–H groups in total. The van der Waals surface area contributed by atoms with E-state index >= 15 is 0 Å². The number of carbonyl (C=O) groups is 3. The highest BCUT2D eigenvalue weighted by molar-refractivity contribution is 6.35. The number of carbonyl (C=O) groups excluding carboxylic acids is 3. The monoisotopic (exact) mass is 534 g/mol. The first-order chi connectivity index (χ1) is 16.8. The van der Waals surface area contributed by atoms with Crippen molar-refractivity contribution in [2.45, 2.75) is 19.3 Å². The van der Waals surface area contributed by atoms with E-state index in [0.717, 1.165) is 0 Å². The lowest BCUT2D eigenvalue weighted by molar-refractivity contribution is -0.147. The lowest BCUT2D eigenvalue weighted by atomic mass is 10.2. The fraction of sp³-hybridized carbons (Fsp3) is 0.160. The summed E-state index contributed by atoms with van der Waals surface area (Å²) < 4.78 is 10.6. The molecule has 10 heteroatoms. The average molecular weight is 536 g/mol. The van der Waals surface area contributed by atoms with Crippen LogP contribution in [-0.4, -0.2) is 24.4 Å². The van der Waals surface area contributed by atoms with Gasteiger partial charge in [0.1, 0.15) is 11.5 Å². The highest BCUT2D eigenvalue weighted by Gasteiger charge is 2.11. The third-order valence-electron chi connectivity index (χ3n) is 4.56. The van der Waals surface area contributed by atoms with Gasteiger partial charge < -0.3 is 20.1 Å². The smallest absolute Gasteiger partial charge is 0.306 e. The SMILES string of the molecule is O=C(CCCC(=O)OCC(=O)Nc1ccccc1Cl)Nc1ccc(Oc2ccc(Cl)cc2Cl)cc1. The number of benzene rings is 3. The highest BCUT2D eigenvalue weighted by Crippen LogP contribution is 2.32. The second kappa shape index (κ2) is 13.0. The minimum Gasteiger partial charge on any atom is -0.456 e. The van der Waals surface area contributed by atoms with Crippen LogP contribution in [-0.2, 0) is 19.1 Å². The maximum Gasteiger partial charge on any atom is 0.306 e. The summed E-state index contributed by atoms with van der Waals surface area (Å²) in [7, 11) is 0. The summed E-state index contributed by atoms with van der Waals surface area (Å²) in [5.41, 5.74) is 1.00. The molecule has 0 fully saturated rings. The van der Waals surface area contributed by atoms with Crippen LogP contribution in [0.5, 0.6) is 11.5 Å². The van der Waals surface area contributed by atoms with E-state index in [9.17, 15) is 14.4 Å². The Kier molecular flexibility index (Phi) is 9.78. The lowest BCUT2D eigenvalue weighted by Crippen LogP contribution is -2.21. The molecule has 0 saturated carbocycles. The molecule has 0 atom stereocenters. The quantitative estimate of drug-likeness (QED) is 0.281. The molecular formula is C25H21Cl3N2O5. The van der Waals surface area contributed by atoms with E-state index in [1.165, 1.54) is 0 Å². The molecule has 0 saturated heterocycles. The molecule has 0 bridgehead atoms. The zero-order valence-electron chi connectivity index (χ0n) is 18.4. The molecule has 2 amide bonds. The zero-order chi connectivity index (χ0) is 25.2. The van der Waals surface area contributed by atoms with Crippen molar-refractivity contribution in [3.05, 3.63) is 81.8 Å². The van der Waals surface area contributed by atoms with Gasteiger partial charge in [0.15, 0.2) is 6.61 Å². The molecule has 0 aliphatic heterocycles. The largest absolute Gasteiger partial charge is 0.456 e. The van der Waals surface area contributed by atoms with E-state index < -0.39 is 18.5 Å². The number of halogens is 3. The van der Waals surface area contributed by atoms with Gasteiger partial charge in [-0.3, -0.25) is 14.4 Å². The van der Waals surface area contributed by atoms with Crippen LogP contribution in [0.4, 0.5) is 11.4 Å². The fourth-order valence-electron chi connectivity index (χ4n) is 2.88. The van der Waals surface area contributed by atoms with Crippen LogP contribution in [0, 0.1) is 0 Å². The molecule has 0 aliphatic carbocycles. The molecule has 3 aromatic carbocycles. The Bertz CT molecular complexity index is 1200. The number of hydrogen-bond acceptors (Lipinski definition) is 5. The maximum atomic E-state index is 12.1. The van der Waals surface area contributed by atoms with Crippen LogP contribution >= 0.6 is 34.8 Å². The molecule has 35 heavy (non-hydrogen) atoms. The summed E-state index contributed by atoms with van der Waals surface area (Å²) in [4.78, 5) is 35.9. The minimum absolute atomic E-state index is 0.00141. The van der Waals surface area contributed by atoms with Gasteiger partial charge >= 0.3 is 5.97 Å². The third kappa shape index (κ3) is 8.79. The molecule has 3 aromatic rings. The molecule has 7 nitrogen and oxygen atoms in total. The molecular weight excluding hydrogens is 515 g/mol. The van der Waals surface area contributed by atoms with E-state index in [4.69, 9.17) is 44.3 Å². The average Bonchev–Trinajstić information content (AvgIpc) is 2.82. The van der Waals surface area contributed by atoms with Crippen molar-refractivity contribution in [3.8, 4) is 11.5 Å². The van der Waals surface area contributed by atoms with Gasteiger partial charge in [-0.05, 0) is 61.0 Å². The molecule has 0 heterocycles. The number of amides is 2. The van der Waals surface area contributed by atoms with Crippen molar-refractivity contribution in [2.75, 3.05) is 17.2 Å². The van der Waals surface area contributed by atoms with Crippen molar-refractivity contribution in [1.29, 1.82) is 0 Å². The molecule has 0 aromatic heterocycles. The maximum absolute atomic E-state index is 12.1. The van der Waals surface area contributed by atoms with Gasteiger partial charge in [0, 0.05) is 23.6 Å². The summed E-state index contributed by atoms with van der Waals surface area (Å²) in [5.74, 6) is -0.345. The summed E-state index contributed by atoms with van der Waals surface area (Å²) in [5, 5.41) is 6.57. The van der Waals surface area contributed by atoms with E-state index in [-0.39, 0.29) is 25.2 Å². The van der Waals surface area contributed by atoms with Crippen molar-refractivity contribution in [3.63, 3.8) is 0 Å². The van der Waals surface area contributed by atoms with E-state index in [0.29, 0.717) is 37.9 Å². The zero-order valence-corrected chi connectivity index (χ0v) is 20.6. The van der Waals surface area contributed by atoms with Crippen LogP contribution < -0.4 is 15.4 Å². The Balaban J connectivity index is 1.35. The Morgan fingerprint density at radius 3 is 2.23 bits per heavy atom. The van der Waals surface area contributed by atoms with Gasteiger partial charge in [-0.25, -0.2) is 0 Å². The molecule has 182 valence electrons. The summed E-state index contributed by atoms with van der Waals surface area (Å²) in [6.07, 6.45) is 0.383. The summed E-state index contributed by atoms with van der Waals surface area (Å²) >= 11 is 17.9. The fourth-order valence-corrected chi connectivity index (χ4v) is 3.51. The van der Waals surface area contributed by atoms with Gasteiger partial charge in [0.05, 0.1) is 15.7 Å². The van der Waals surface area contributed by atoms with Crippen LogP contribution in [0.1, 0.15) is 19.3 Å². The van der Waals surface area contributed by atoms with Crippen molar-refractivity contribution in [2.24, 2.45) is 0 Å². The Hall–Kier alpha value is -3.26. The van der Waals surface area contributed by atoms with Gasteiger partial charge in [-0.2, -0.15) is 0 Å². The number of hydrogen-bond donors (Lipinski definition) is 2. The molecule has 3 rings (SSSR count). The van der Waals surface area contributed by atoms with E-state index in [2.05, 4.69) is 10.6 Å². The van der Waals surface area contributed by atoms with Crippen LogP contribution in [0.15, 0.2) is 66.7 Å². The number of ether oxygens (including phenoxy) is 2. The molecule has 0 radical (unpaired) electrons. The van der Waals surface area contributed by atoms with Crippen LogP contribution in [0.3, 0.4) is 0 Å². The Morgan fingerprint density at radius 2 is 1.51 bits per heavy atom. The highest BCUT2D eigenvalue weighted by atomic mass is 35.5. The first-order valence-corrected chi connectivity index (χ1v) is 11.7. The van der Waals surface area contributed by atoms with Crippen LogP contribution in [0.2, 0.25) is 15.1 Å². The van der Waals surface area contributed by atoms with E-state index in [1.807, 2.05) is 0 Å². The van der Waals surface area contributed by atoms with Crippen molar-refractivity contribution in [1.82, 2.24) is 0 Å². The summed E-state index contributed by atoms with van der Waals surface area (Å²) in [6.45, 7) is -0.439. The predicted octanol–water partition coefficient (Wildman–Crippen LogP) is 6.73. The number of rotatable bonds is 10. The van der Waals surface area contributed by atoms with E-state index in [1.54, 1.807) is 66.7 Å². The van der Waals surface area contributed by atoms with Gasteiger partial charge in [-0.1, -0.05) is 46.9 Å². The number of anilines is 2. The lowest BCUT2D eigenvalue weighted by Gasteiger charge is -2.10. The molecule has 0 spiro atoms. The van der Waals surface area contributed by atoms with Gasteiger partial charge in [0.2, 0.25) is 5.91 Å². The van der Waals surface area contributed by atoms with Crippen molar-refractivity contribution < 1.29 is 23.9 Å². The molecule has 0 unspecified atom stereocenters. The first kappa shape index (κ1) is 26.3. The second-order valence-electron chi connectivity index (χ2n) is 7.29. The number of esters is 1. The van der Waals surface area contributed by atoms with Gasteiger partial charge in [0.25, 0.3) is 5.91 Å². The minimum atomic E-state index is -0.575. The number of para-hydroxylation sites is 1. The first-order valence-electron chi connectivity index (χ1n) is 10.5. The molecule has 0 aliphatic rings. The number of nitrogens with one attached hydrogen (secondary N) is 2. The van der Waals surface area contributed by atoms with Crippen molar-refractivity contribution >= 4 is 64.0 Å².